The zero-order valence-electron chi connectivity index (χ0n) is 15.6. The van der Waals surface area contributed by atoms with Crippen LogP contribution in [-0.4, -0.2) is 44.0 Å². The highest BCUT2D eigenvalue weighted by Crippen LogP contribution is 2.19. The minimum atomic E-state index is 0.157. The van der Waals surface area contributed by atoms with Gasteiger partial charge in [0.05, 0.1) is 0 Å². The van der Waals surface area contributed by atoms with Gasteiger partial charge in [-0.1, -0.05) is 48.5 Å². The summed E-state index contributed by atoms with van der Waals surface area (Å²) in [5.41, 5.74) is 2.52. The summed E-state index contributed by atoms with van der Waals surface area (Å²) in [6, 6.07) is 20.8. The number of nitrogens with zero attached hydrogens (tertiary/aromatic N) is 2. The van der Waals surface area contributed by atoms with Gasteiger partial charge in [0.1, 0.15) is 0 Å². The molecule has 1 aliphatic heterocycles. The van der Waals surface area contributed by atoms with E-state index in [1.807, 2.05) is 18.2 Å². The lowest BCUT2D eigenvalue weighted by Gasteiger charge is -2.31. The Morgan fingerprint density at radius 2 is 1.65 bits per heavy atom. The summed E-state index contributed by atoms with van der Waals surface area (Å²) in [6.07, 6.45) is 1.90. The summed E-state index contributed by atoms with van der Waals surface area (Å²) in [4.78, 5) is 17.0. The van der Waals surface area contributed by atoms with Gasteiger partial charge in [-0.3, -0.25) is 9.69 Å². The number of benzene rings is 2. The molecule has 3 rings (SSSR count). The molecule has 0 aromatic heterocycles. The average molecular weight is 351 g/mol. The molecule has 0 aliphatic carbocycles. The van der Waals surface area contributed by atoms with E-state index in [1.165, 1.54) is 11.3 Å². The van der Waals surface area contributed by atoms with Gasteiger partial charge in [-0.15, -0.1) is 0 Å². The number of piperidine rings is 1. The average Bonchev–Trinajstić information content (AvgIpc) is 2.70. The molecule has 1 N–H and O–H groups in total. The smallest absolute Gasteiger partial charge is 0.223 e. The molecule has 0 radical (unpaired) electrons. The van der Waals surface area contributed by atoms with E-state index in [9.17, 15) is 4.79 Å². The first-order valence-electron chi connectivity index (χ1n) is 9.52. The SMILES string of the molecule is CN(CCNC(=O)C1CCN(Cc2ccccc2)CC1)c1ccccc1. The Morgan fingerprint density at radius 3 is 2.31 bits per heavy atom. The van der Waals surface area contributed by atoms with Crippen molar-refractivity contribution in [1.82, 2.24) is 10.2 Å². The second-order valence-corrected chi connectivity index (χ2v) is 7.08. The first-order valence-corrected chi connectivity index (χ1v) is 9.52. The standard InChI is InChI=1S/C22H29N3O/c1-24(21-10-6-3-7-11-21)17-14-23-22(26)20-12-15-25(16-13-20)18-19-8-4-2-5-9-19/h2-11,20H,12-18H2,1H3,(H,23,26). The molecule has 1 heterocycles. The number of amides is 1. The van der Waals surface area contributed by atoms with Crippen molar-refractivity contribution in [3.05, 3.63) is 66.2 Å². The van der Waals surface area contributed by atoms with Crippen molar-refractivity contribution < 1.29 is 4.79 Å². The van der Waals surface area contributed by atoms with Gasteiger partial charge in [-0.05, 0) is 43.6 Å². The fraction of sp³-hybridized carbons (Fsp3) is 0.409. The molecule has 0 atom stereocenters. The highest BCUT2D eigenvalue weighted by atomic mass is 16.1. The Morgan fingerprint density at radius 1 is 1.04 bits per heavy atom. The third kappa shape index (κ3) is 5.33. The normalized spacial score (nSPS) is 15.6. The van der Waals surface area contributed by atoms with E-state index in [0.29, 0.717) is 6.54 Å². The second-order valence-electron chi connectivity index (χ2n) is 7.08. The number of hydrogen-bond acceptors (Lipinski definition) is 3. The lowest BCUT2D eigenvalue weighted by atomic mass is 9.95. The van der Waals surface area contributed by atoms with Gasteiger partial charge in [0.25, 0.3) is 0 Å². The number of anilines is 1. The largest absolute Gasteiger partial charge is 0.373 e. The van der Waals surface area contributed by atoms with Crippen LogP contribution in [0.15, 0.2) is 60.7 Å². The van der Waals surface area contributed by atoms with E-state index in [4.69, 9.17) is 0 Å². The van der Waals surface area contributed by atoms with Crippen molar-refractivity contribution in [1.29, 1.82) is 0 Å². The third-order valence-corrected chi connectivity index (χ3v) is 5.15. The molecule has 0 bridgehead atoms. The number of rotatable bonds is 7. The first kappa shape index (κ1) is 18.5. The van der Waals surface area contributed by atoms with E-state index >= 15 is 0 Å². The number of hydrogen-bond donors (Lipinski definition) is 1. The van der Waals surface area contributed by atoms with E-state index in [-0.39, 0.29) is 11.8 Å². The number of carbonyl (C=O) groups excluding carboxylic acids is 1. The van der Waals surface area contributed by atoms with Gasteiger partial charge in [0.15, 0.2) is 0 Å². The van der Waals surface area contributed by atoms with Crippen LogP contribution in [0.1, 0.15) is 18.4 Å². The molecular weight excluding hydrogens is 322 g/mol. The highest BCUT2D eigenvalue weighted by molar-refractivity contribution is 5.78. The van der Waals surface area contributed by atoms with Gasteiger partial charge in [-0.2, -0.15) is 0 Å². The van der Waals surface area contributed by atoms with Crippen LogP contribution in [0.4, 0.5) is 5.69 Å². The molecular formula is C22H29N3O. The van der Waals surface area contributed by atoms with Crippen LogP contribution >= 0.6 is 0 Å². The minimum absolute atomic E-state index is 0.157. The van der Waals surface area contributed by atoms with Crippen LogP contribution in [0.3, 0.4) is 0 Å². The molecule has 0 spiro atoms. The molecule has 1 amide bonds. The maximum Gasteiger partial charge on any atom is 0.223 e. The van der Waals surface area contributed by atoms with Crippen LogP contribution in [0.25, 0.3) is 0 Å². The van der Waals surface area contributed by atoms with E-state index in [2.05, 4.69) is 64.6 Å². The first-order chi connectivity index (χ1) is 12.7. The molecule has 0 unspecified atom stereocenters. The summed E-state index contributed by atoms with van der Waals surface area (Å²) < 4.78 is 0. The Labute approximate surface area is 156 Å². The summed E-state index contributed by atoms with van der Waals surface area (Å²) in [5.74, 6) is 0.370. The monoisotopic (exact) mass is 351 g/mol. The Hall–Kier alpha value is -2.33. The Kier molecular flexibility index (Phi) is 6.67. The third-order valence-electron chi connectivity index (χ3n) is 5.15. The molecule has 2 aromatic rings. The number of nitrogens with one attached hydrogen (secondary N) is 1. The van der Waals surface area contributed by atoms with Crippen molar-refractivity contribution in [2.45, 2.75) is 19.4 Å². The number of likely N-dealkylation sites (tertiary alicyclic amines) is 1. The number of carbonyl (C=O) groups is 1. The van der Waals surface area contributed by atoms with Crippen molar-refractivity contribution in [2.75, 3.05) is 38.1 Å². The zero-order chi connectivity index (χ0) is 18.2. The fourth-order valence-electron chi connectivity index (χ4n) is 3.50. The highest BCUT2D eigenvalue weighted by Gasteiger charge is 2.24. The molecule has 2 aromatic carbocycles. The lowest BCUT2D eigenvalue weighted by Crippen LogP contribution is -2.42. The predicted octanol–water partition coefficient (Wildman–Crippen LogP) is 3.15. The molecule has 0 saturated carbocycles. The maximum absolute atomic E-state index is 12.4. The Balaban J connectivity index is 1.36. The van der Waals surface area contributed by atoms with Gasteiger partial charge in [0, 0.05) is 38.3 Å². The summed E-state index contributed by atoms with van der Waals surface area (Å²) in [5, 5.41) is 3.12. The van der Waals surface area contributed by atoms with Crippen molar-refractivity contribution >= 4 is 11.6 Å². The maximum atomic E-state index is 12.4. The summed E-state index contributed by atoms with van der Waals surface area (Å²) in [7, 11) is 2.06. The summed E-state index contributed by atoms with van der Waals surface area (Å²) in [6.45, 7) is 4.49. The van der Waals surface area contributed by atoms with Gasteiger partial charge < -0.3 is 10.2 Å². The van der Waals surface area contributed by atoms with Gasteiger partial charge in [0.2, 0.25) is 5.91 Å². The molecule has 1 aliphatic rings. The van der Waals surface area contributed by atoms with E-state index in [0.717, 1.165) is 39.0 Å². The number of para-hydroxylation sites is 1. The van der Waals surface area contributed by atoms with Gasteiger partial charge in [-0.25, -0.2) is 0 Å². The second kappa shape index (κ2) is 9.39. The molecule has 138 valence electrons. The van der Waals surface area contributed by atoms with Crippen molar-refractivity contribution in [3.8, 4) is 0 Å². The van der Waals surface area contributed by atoms with Crippen LogP contribution in [0.2, 0.25) is 0 Å². The Bertz CT molecular complexity index is 666. The molecule has 1 saturated heterocycles. The molecule has 26 heavy (non-hydrogen) atoms. The van der Waals surface area contributed by atoms with Gasteiger partial charge >= 0.3 is 0 Å². The van der Waals surface area contributed by atoms with E-state index < -0.39 is 0 Å². The fourth-order valence-corrected chi connectivity index (χ4v) is 3.50. The summed E-state index contributed by atoms with van der Waals surface area (Å²) >= 11 is 0. The van der Waals surface area contributed by atoms with Crippen LogP contribution in [0, 0.1) is 5.92 Å². The van der Waals surface area contributed by atoms with Crippen LogP contribution in [-0.2, 0) is 11.3 Å². The number of likely N-dealkylation sites (N-methyl/N-ethyl adjacent to an activating group) is 1. The van der Waals surface area contributed by atoms with Crippen molar-refractivity contribution in [3.63, 3.8) is 0 Å². The molecule has 1 fully saturated rings. The minimum Gasteiger partial charge on any atom is -0.373 e. The molecule has 4 nitrogen and oxygen atoms in total. The topological polar surface area (TPSA) is 35.6 Å². The van der Waals surface area contributed by atoms with Crippen LogP contribution < -0.4 is 10.2 Å². The predicted molar refractivity (Wildman–Crippen MR) is 107 cm³/mol. The van der Waals surface area contributed by atoms with Crippen molar-refractivity contribution in [2.24, 2.45) is 5.92 Å². The quantitative estimate of drug-likeness (QED) is 0.832. The molecule has 4 heteroatoms. The van der Waals surface area contributed by atoms with Crippen LogP contribution in [0.5, 0.6) is 0 Å². The van der Waals surface area contributed by atoms with E-state index in [1.54, 1.807) is 0 Å². The zero-order valence-corrected chi connectivity index (χ0v) is 15.6. The lowest BCUT2D eigenvalue weighted by molar-refractivity contribution is -0.126.